The lowest BCUT2D eigenvalue weighted by atomic mass is 10.1. The summed E-state index contributed by atoms with van der Waals surface area (Å²) < 4.78 is 40.4. The Labute approximate surface area is 124 Å². The van der Waals surface area contributed by atoms with Crippen molar-refractivity contribution in [2.24, 2.45) is 10.7 Å². The van der Waals surface area contributed by atoms with Crippen molar-refractivity contribution in [2.75, 3.05) is 6.54 Å². The molecule has 0 amide bonds. The van der Waals surface area contributed by atoms with Crippen molar-refractivity contribution in [3.8, 4) is 5.75 Å². The lowest BCUT2D eigenvalue weighted by Crippen LogP contribution is -2.17. The fraction of sp³-hybridized carbons (Fsp3) is 0.533. The molecule has 3 nitrogen and oxygen atoms in total. The number of nitrogens with zero attached hydrogens (tertiary/aromatic N) is 1. The Morgan fingerprint density at radius 3 is 2.19 bits per heavy atom. The largest absolute Gasteiger partial charge is 0.573 e. The van der Waals surface area contributed by atoms with Crippen molar-refractivity contribution >= 4 is 6.34 Å². The van der Waals surface area contributed by atoms with Crippen LogP contribution in [0.1, 0.15) is 38.3 Å². The third-order valence-corrected chi connectivity index (χ3v) is 2.30. The molecule has 1 rings (SSSR count). The molecule has 0 atom stereocenters. The van der Waals surface area contributed by atoms with Gasteiger partial charge in [-0.25, -0.2) is 0 Å². The molecule has 0 spiro atoms. The number of hydrogen-bond donors (Lipinski definition) is 1. The van der Waals surface area contributed by atoms with Crippen LogP contribution in [-0.2, 0) is 12.8 Å². The summed E-state index contributed by atoms with van der Waals surface area (Å²) in [6, 6.07) is 4.61. The van der Waals surface area contributed by atoms with Crippen molar-refractivity contribution in [3.05, 3.63) is 29.3 Å². The molecule has 2 N–H and O–H groups in total. The number of aliphatic imine (C=N–C) groups is 1. The zero-order valence-electron chi connectivity index (χ0n) is 12.7. The van der Waals surface area contributed by atoms with Crippen LogP contribution in [0.5, 0.6) is 5.75 Å². The van der Waals surface area contributed by atoms with E-state index in [2.05, 4.69) is 23.6 Å². The predicted octanol–water partition coefficient (Wildman–Crippen LogP) is 4.09. The topological polar surface area (TPSA) is 47.6 Å². The number of nitrogens with two attached hydrogens (primary N) is 1. The minimum absolute atomic E-state index is 0.187. The number of hydrogen-bond acceptors (Lipinski definition) is 2. The van der Waals surface area contributed by atoms with Crippen LogP contribution in [0.4, 0.5) is 13.2 Å². The van der Waals surface area contributed by atoms with E-state index in [1.807, 2.05) is 13.0 Å². The molecule has 0 saturated heterocycles. The summed E-state index contributed by atoms with van der Waals surface area (Å²) in [4.78, 5) is 3.82. The molecule has 0 aliphatic rings. The minimum atomic E-state index is -4.67. The van der Waals surface area contributed by atoms with Gasteiger partial charge in [0.15, 0.2) is 0 Å². The SMILES string of the molecule is CCC.CCc1cc(CCN=CN)cc(OC(F)(F)F)c1. The first-order chi connectivity index (χ1) is 9.86. The van der Waals surface area contributed by atoms with E-state index in [0.717, 1.165) is 11.1 Å². The second-order valence-corrected chi connectivity index (χ2v) is 4.40. The Hall–Kier alpha value is -1.72. The molecular formula is C15H23F3N2O. The molecule has 21 heavy (non-hydrogen) atoms. The Morgan fingerprint density at radius 2 is 1.71 bits per heavy atom. The smallest absolute Gasteiger partial charge is 0.406 e. The predicted molar refractivity (Wildman–Crippen MR) is 79.7 cm³/mol. The van der Waals surface area contributed by atoms with Crippen molar-refractivity contribution in [1.29, 1.82) is 0 Å². The van der Waals surface area contributed by atoms with Gasteiger partial charge in [-0.05, 0) is 36.1 Å². The van der Waals surface area contributed by atoms with Gasteiger partial charge < -0.3 is 10.5 Å². The summed E-state index contributed by atoms with van der Waals surface area (Å²) in [5.41, 5.74) is 6.64. The maximum atomic E-state index is 12.2. The summed E-state index contributed by atoms with van der Waals surface area (Å²) in [7, 11) is 0. The van der Waals surface area contributed by atoms with Gasteiger partial charge in [0.2, 0.25) is 0 Å². The zero-order chi connectivity index (χ0) is 16.3. The zero-order valence-corrected chi connectivity index (χ0v) is 12.7. The number of halogens is 3. The highest BCUT2D eigenvalue weighted by atomic mass is 19.4. The maximum absolute atomic E-state index is 12.2. The van der Waals surface area contributed by atoms with E-state index < -0.39 is 6.36 Å². The van der Waals surface area contributed by atoms with Gasteiger partial charge in [-0.3, -0.25) is 4.99 Å². The second-order valence-electron chi connectivity index (χ2n) is 4.40. The number of benzene rings is 1. The van der Waals surface area contributed by atoms with Crippen molar-refractivity contribution in [3.63, 3.8) is 0 Å². The lowest BCUT2D eigenvalue weighted by molar-refractivity contribution is -0.274. The van der Waals surface area contributed by atoms with E-state index in [0.29, 0.717) is 19.4 Å². The van der Waals surface area contributed by atoms with Crippen molar-refractivity contribution < 1.29 is 17.9 Å². The van der Waals surface area contributed by atoms with Crippen LogP contribution in [0.25, 0.3) is 0 Å². The molecule has 0 fully saturated rings. The molecule has 0 aromatic heterocycles. The molecule has 1 aromatic carbocycles. The van der Waals surface area contributed by atoms with E-state index in [9.17, 15) is 13.2 Å². The van der Waals surface area contributed by atoms with Gasteiger partial charge in [0, 0.05) is 6.54 Å². The van der Waals surface area contributed by atoms with Crippen LogP contribution >= 0.6 is 0 Å². The molecule has 0 heterocycles. The van der Waals surface area contributed by atoms with Gasteiger partial charge in [-0.1, -0.05) is 33.3 Å². The third-order valence-electron chi connectivity index (χ3n) is 2.30. The monoisotopic (exact) mass is 304 g/mol. The number of alkyl halides is 3. The molecule has 0 saturated carbocycles. The average molecular weight is 304 g/mol. The molecule has 0 radical (unpaired) electrons. The average Bonchev–Trinajstić information content (AvgIpc) is 2.37. The van der Waals surface area contributed by atoms with Crippen LogP contribution < -0.4 is 10.5 Å². The summed E-state index contributed by atoms with van der Waals surface area (Å²) in [5, 5.41) is 0. The van der Waals surface area contributed by atoms with E-state index in [4.69, 9.17) is 5.73 Å². The number of ether oxygens (including phenoxy) is 1. The normalized spacial score (nSPS) is 11.1. The molecule has 120 valence electrons. The van der Waals surface area contributed by atoms with Gasteiger partial charge in [0.1, 0.15) is 5.75 Å². The van der Waals surface area contributed by atoms with Crippen LogP contribution in [-0.4, -0.2) is 19.2 Å². The fourth-order valence-electron chi connectivity index (χ4n) is 1.54. The molecule has 1 aromatic rings. The summed E-state index contributed by atoms with van der Waals surface area (Å²) in [6.45, 7) is 6.56. The van der Waals surface area contributed by atoms with Crippen LogP contribution in [0.15, 0.2) is 23.2 Å². The van der Waals surface area contributed by atoms with Crippen LogP contribution in [0.3, 0.4) is 0 Å². The first kappa shape index (κ1) is 19.3. The highest BCUT2D eigenvalue weighted by molar-refractivity contribution is 5.51. The molecule has 0 aliphatic carbocycles. The van der Waals surface area contributed by atoms with E-state index in [-0.39, 0.29) is 5.75 Å². The molecule has 0 aliphatic heterocycles. The number of rotatable bonds is 5. The summed E-state index contributed by atoms with van der Waals surface area (Å²) >= 11 is 0. The standard InChI is InChI=1S/C12H15F3N2O.C3H8/c1-2-9-5-10(3-4-17-8-16)7-11(6-9)18-12(13,14)15;1-3-2/h5-8H,2-4H2,1H3,(H2,16,17);3H2,1-2H3. The number of aryl methyl sites for hydroxylation is 1. The van der Waals surface area contributed by atoms with E-state index in [1.54, 1.807) is 0 Å². The first-order valence-electron chi connectivity index (χ1n) is 6.94. The first-order valence-corrected chi connectivity index (χ1v) is 6.94. The molecular weight excluding hydrogens is 281 g/mol. The van der Waals surface area contributed by atoms with Gasteiger partial charge >= 0.3 is 6.36 Å². The molecule has 0 unspecified atom stereocenters. The Kier molecular flexibility index (Phi) is 9.25. The van der Waals surface area contributed by atoms with Gasteiger partial charge in [-0.2, -0.15) is 0 Å². The summed E-state index contributed by atoms with van der Waals surface area (Å²) in [6.07, 6.45) is -1.08. The lowest BCUT2D eigenvalue weighted by Gasteiger charge is -2.11. The Morgan fingerprint density at radius 1 is 1.14 bits per heavy atom. The third kappa shape index (κ3) is 9.76. The minimum Gasteiger partial charge on any atom is -0.406 e. The molecule has 0 bridgehead atoms. The van der Waals surface area contributed by atoms with Crippen LogP contribution in [0, 0.1) is 0 Å². The fourth-order valence-corrected chi connectivity index (χ4v) is 1.54. The van der Waals surface area contributed by atoms with Crippen LogP contribution in [0.2, 0.25) is 0 Å². The highest BCUT2D eigenvalue weighted by Gasteiger charge is 2.31. The van der Waals surface area contributed by atoms with Gasteiger partial charge in [0.05, 0.1) is 6.34 Å². The van der Waals surface area contributed by atoms with Crippen molar-refractivity contribution in [1.82, 2.24) is 0 Å². The van der Waals surface area contributed by atoms with E-state index >= 15 is 0 Å². The van der Waals surface area contributed by atoms with E-state index in [1.165, 1.54) is 24.9 Å². The van der Waals surface area contributed by atoms with Gasteiger partial charge in [0.25, 0.3) is 0 Å². The maximum Gasteiger partial charge on any atom is 0.573 e. The van der Waals surface area contributed by atoms with Crippen molar-refractivity contribution in [2.45, 2.75) is 46.4 Å². The van der Waals surface area contributed by atoms with Gasteiger partial charge in [-0.15, -0.1) is 13.2 Å². The highest BCUT2D eigenvalue weighted by Crippen LogP contribution is 2.25. The second kappa shape index (κ2) is 10.1. The molecule has 6 heteroatoms. The summed E-state index contributed by atoms with van der Waals surface area (Å²) in [5.74, 6) is -0.187. The quantitative estimate of drug-likeness (QED) is 0.658. The Balaban J connectivity index is 0.00000122. The Bertz CT molecular complexity index is 431.